The molecule has 10 heteroatoms. The minimum Gasteiger partial charge on any atom is -0.508 e. The first-order valence-corrected chi connectivity index (χ1v) is 20.6. The molecule has 3 unspecified atom stereocenters. The quantitative estimate of drug-likeness (QED) is 0.143. The van der Waals surface area contributed by atoms with E-state index in [4.69, 9.17) is 0 Å². The van der Waals surface area contributed by atoms with Crippen molar-refractivity contribution in [2.45, 2.75) is 70.0 Å². The molecule has 0 spiro atoms. The lowest BCUT2D eigenvalue weighted by Gasteiger charge is -2.53. The Balaban J connectivity index is 0.829. The zero-order valence-corrected chi connectivity index (χ0v) is 32.4. The Morgan fingerprint density at radius 3 is 2.04 bits per heavy atom. The van der Waals surface area contributed by atoms with Gasteiger partial charge in [0.25, 0.3) is 11.8 Å². The summed E-state index contributed by atoms with van der Waals surface area (Å²) in [7, 11) is 0. The van der Waals surface area contributed by atoms with E-state index in [1.165, 1.54) is 28.0 Å². The molecular formula is C47H49N5O5. The van der Waals surface area contributed by atoms with Crippen molar-refractivity contribution in [3.05, 3.63) is 125 Å². The molecule has 2 bridgehead atoms. The summed E-state index contributed by atoms with van der Waals surface area (Å²) in [5.74, 6) is -0.989. The maximum absolute atomic E-state index is 13.5. The summed E-state index contributed by atoms with van der Waals surface area (Å²) >= 11 is 0. The molecule has 4 aromatic rings. The number of allylic oxidation sites excluding steroid dienone is 1. The summed E-state index contributed by atoms with van der Waals surface area (Å²) in [4.78, 5) is 59.7. The van der Waals surface area contributed by atoms with Crippen LogP contribution in [0.4, 0.5) is 11.4 Å². The Labute approximate surface area is 333 Å². The van der Waals surface area contributed by atoms with E-state index < -0.39 is 23.8 Å². The number of fused-ring (bicyclic) bond motifs is 4. The Morgan fingerprint density at radius 2 is 1.37 bits per heavy atom. The molecule has 2 N–H and O–H groups in total. The molecule has 5 fully saturated rings. The number of rotatable bonds is 9. The number of imide groups is 2. The molecule has 10 nitrogen and oxygen atoms in total. The molecule has 0 saturated carbocycles. The van der Waals surface area contributed by atoms with Gasteiger partial charge in [-0.2, -0.15) is 0 Å². The van der Waals surface area contributed by atoms with E-state index in [1.807, 2.05) is 24.3 Å². The van der Waals surface area contributed by atoms with E-state index in [1.54, 1.807) is 18.2 Å². The molecule has 4 aromatic carbocycles. The highest BCUT2D eigenvalue weighted by Crippen LogP contribution is 2.39. The molecule has 6 aliphatic rings. The van der Waals surface area contributed by atoms with Gasteiger partial charge in [-0.05, 0) is 115 Å². The van der Waals surface area contributed by atoms with Crippen molar-refractivity contribution >= 4 is 46.1 Å². The van der Waals surface area contributed by atoms with Gasteiger partial charge in [-0.15, -0.1) is 0 Å². The third-order valence-corrected chi connectivity index (χ3v) is 13.0. The van der Waals surface area contributed by atoms with Crippen LogP contribution in [0.3, 0.4) is 0 Å². The fourth-order valence-electron chi connectivity index (χ4n) is 9.95. The molecule has 292 valence electrons. The van der Waals surface area contributed by atoms with Crippen LogP contribution in [0.15, 0.2) is 97.1 Å². The lowest BCUT2D eigenvalue weighted by Crippen LogP contribution is -2.63. The lowest BCUT2D eigenvalue weighted by atomic mass is 9.87. The monoisotopic (exact) mass is 763 g/mol. The van der Waals surface area contributed by atoms with Gasteiger partial charge in [-0.3, -0.25) is 34.3 Å². The second-order valence-corrected chi connectivity index (χ2v) is 16.3. The number of piperidine rings is 4. The summed E-state index contributed by atoms with van der Waals surface area (Å²) in [5.41, 5.74) is 8.81. The molecule has 5 saturated heterocycles. The Bertz CT molecular complexity index is 2230. The van der Waals surface area contributed by atoms with Crippen LogP contribution in [-0.2, 0) is 9.59 Å². The van der Waals surface area contributed by atoms with Gasteiger partial charge in [-0.25, -0.2) is 0 Å². The van der Waals surface area contributed by atoms with Crippen molar-refractivity contribution in [2.24, 2.45) is 5.92 Å². The van der Waals surface area contributed by atoms with E-state index in [0.29, 0.717) is 29.1 Å². The number of amides is 4. The highest BCUT2D eigenvalue weighted by atomic mass is 16.3. The van der Waals surface area contributed by atoms with E-state index in [-0.39, 0.29) is 24.5 Å². The van der Waals surface area contributed by atoms with Crippen LogP contribution in [0.2, 0.25) is 0 Å². The molecule has 10 rings (SSSR count). The predicted octanol–water partition coefficient (Wildman–Crippen LogP) is 6.73. The number of hydrogen-bond acceptors (Lipinski definition) is 8. The SMILES string of the molecule is CCC(=C(c1ccc(O)cc1)c1ccc(N2CCC(CN3CC4CCC3CN4c3ccc4c(c3)C(=O)N(C3CCC(=O)NC3=O)C4=O)CC2)cc1)c1ccccc1. The van der Waals surface area contributed by atoms with Crippen molar-refractivity contribution in [1.82, 2.24) is 15.1 Å². The molecule has 6 heterocycles. The average molecular weight is 764 g/mol. The molecule has 3 atom stereocenters. The first kappa shape index (κ1) is 36.9. The van der Waals surface area contributed by atoms with E-state index in [0.717, 1.165) is 81.0 Å². The zero-order valence-electron chi connectivity index (χ0n) is 32.4. The minimum absolute atomic E-state index is 0.105. The number of carbonyl (C=O) groups is 4. The number of nitrogens with one attached hydrogen (secondary N) is 1. The van der Waals surface area contributed by atoms with Gasteiger partial charge in [0.2, 0.25) is 11.8 Å². The standard InChI is InChI=1S/C47H49N5O5/c1-2-39(31-6-4-3-5-7-31)44(33-10-17-38(53)18-11-33)32-8-12-34(13-9-32)49-24-22-30(23-25-49)27-50-28-37-15-14-36(50)29-51(37)35-16-19-40-41(26-35)47(57)52(46(40)56)42-20-21-43(54)48-45(42)55/h3-13,16-19,26,30,36-37,42,53H,2,14-15,20-25,27-29H2,1H3,(H,48,54,55). The van der Waals surface area contributed by atoms with Crippen LogP contribution in [-0.4, -0.2) is 89.4 Å². The highest BCUT2D eigenvalue weighted by molar-refractivity contribution is 6.23. The molecule has 0 radical (unpaired) electrons. The largest absolute Gasteiger partial charge is 0.508 e. The fraction of sp³-hybridized carbons (Fsp3) is 0.362. The number of anilines is 2. The topological polar surface area (TPSA) is 114 Å². The van der Waals surface area contributed by atoms with Gasteiger partial charge in [0.15, 0.2) is 0 Å². The fourth-order valence-corrected chi connectivity index (χ4v) is 9.95. The van der Waals surface area contributed by atoms with E-state index >= 15 is 0 Å². The third-order valence-electron chi connectivity index (χ3n) is 13.0. The molecule has 57 heavy (non-hydrogen) atoms. The summed E-state index contributed by atoms with van der Waals surface area (Å²) in [6.45, 7) is 7.23. The summed E-state index contributed by atoms with van der Waals surface area (Å²) in [6, 6.07) is 32.5. The Morgan fingerprint density at radius 1 is 0.702 bits per heavy atom. The van der Waals surface area contributed by atoms with Gasteiger partial charge in [0, 0.05) is 62.6 Å². The van der Waals surface area contributed by atoms with Crippen molar-refractivity contribution in [3.8, 4) is 5.75 Å². The van der Waals surface area contributed by atoms with Gasteiger partial charge >= 0.3 is 0 Å². The number of aromatic hydroxyl groups is 1. The van der Waals surface area contributed by atoms with Crippen LogP contribution < -0.4 is 15.1 Å². The van der Waals surface area contributed by atoms with Crippen LogP contribution >= 0.6 is 0 Å². The molecule has 0 aromatic heterocycles. The molecule has 6 aliphatic heterocycles. The van der Waals surface area contributed by atoms with Crippen LogP contribution in [0, 0.1) is 5.92 Å². The number of nitrogens with zero attached hydrogens (tertiary/aromatic N) is 4. The van der Waals surface area contributed by atoms with Gasteiger partial charge in [0.05, 0.1) is 11.1 Å². The van der Waals surface area contributed by atoms with Crippen molar-refractivity contribution in [3.63, 3.8) is 0 Å². The molecular weight excluding hydrogens is 715 g/mol. The first-order chi connectivity index (χ1) is 27.7. The highest BCUT2D eigenvalue weighted by Gasteiger charge is 2.46. The molecule has 0 aliphatic carbocycles. The second-order valence-electron chi connectivity index (χ2n) is 16.3. The maximum Gasteiger partial charge on any atom is 0.262 e. The average Bonchev–Trinajstić information content (AvgIpc) is 3.49. The predicted molar refractivity (Wildman–Crippen MR) is 221 cm³/mol. The number of phenolic OH excluding ortho intramolecular Hbond substituents is 1. The van der Waals surface area contributed by atoms with Crippen molar-refractivity contribution in [1.29, 1.82) is 0 Å². The summed E-state index contributed by atoms with van der Waals surface area (Å²) in [5, 5.41) is 12.3. The van der Waals surface area contributed by atoms with Crippen LogP contribution in [0.5, 0.6) is 5.75 Å². The van der Waals surface area contributed by atoms with E-state index in [2.05, 4.69) is 81.5 Å². The third kappa shape index (κ3) is 7.01. The lowest BCUT2D eigenvalue weighted by molar-refractivity contribution is -0.136. The zero-order chi connectivity index (χ0) is 39.2. The van der Waals surface area contributed by atoms with Gasteiger partial charge in [0.1, 0.15) is 11.8 Å². The van der Waals surface area contributed by atoms with E-state index in [9.17, 15) is 24.3 Å². The second kappa shape index (κ2) is 15.3. The van der Waals surface area contributed by atoms with Gasteiger partial charge in [-0.1, -0.05) is 61.5 Å². The molecule has 4 amide bonds. The normalized spacial score (nSPS) is 23.2. The summed E-state index contributed by atoms with van der Waals surface area (Å²) in [6.07, 6.45) is 5.69. The van der Waals surface area contributed by atoms with Crippen LogP contribution in [0.1, 0.15) is 89.3 Å². The van der Waals surface area contributed by atoms with Gasteiger partial charge < -0.3 is 14.9 Å². The number of carbonyl (C=O) groups excluding carboxylic acids is 4. The minimum atomic E-state index is -0.960. The van der Waals surface area contributed by atoms with Crippen molar-refractivity contribution in [2.75, 3.05) is 42.5 Å². The summed E-state index contributed by atoms with van der Waals surface area (Å²) < 4.78 is 0. The van der Waals surface area contributed by atoms with Crippen molar-refractivity contribution < 1.29 is 24.3 Å². The number of piperazine rings is 1. The Hall–Kier alpha value is -5.74. The Kier molecular flexibility index (Phi) is 9.90. The first-order valence-electron chi connectivity index (χ1n) is 20.6. The smallest absolute Gasteiger partial charge is 0.262 e. The number of phenols is 1. The number of benzene rings is 4. The van der Waals surface area contributed by atoms with Crippen LogP contribution in [0.25, 0.3) is 11.1 Å². The number of hydrogen-bond donors (Lipinski definition) is 2. The maximum atomic E-state index is 13.5.